The zero-order valence-corrected chi connectivity index (χ0v) is 6.21. The first kappa shape index (κ1) is 9.40. The second kappa shape index (κ2) is 8.40. The Kier molecular flexibility index (Phi) is 7.90. The van der Waals surface area contributed by atoms with Crippen molar-refractivity contribution in [2.24, 2.45) is 0 Å². The van der Waals surface area contributed by atoms with Crippen LogP contribution in [0.1, 0.15) is 12.8 Å². The summed E-state index contributed by atoms with van der Waals surface area (Å²) in [5, 5.41) is 0. The molecular formula is C8H14O2. The molecule has 0 fully saturated rings. The van der Waals surface area contributed by atoms with Crippen molar-refractivity contribution in [1.29, 1.82) is 0 Å². The Balaban J connectivity index is 2.76. The van der Waals surface area contributed by atoms with Crippen LogP contribution in [0.15, 0.2) is 25.3 Å². The van der Waals surface area contributed by atoms with E-state index in [1.807, 2.05) is 0 Å². The van der Waals surface area contributed by atoms with Gasteiger partial charge in [0.2, 0.25) is 0 Å². The van der Waals surface area contributed by atoms with Crippen molar-refractivity contribution in [3.05, 3.63) is 25.3 Å². The van der Waals surface area contributed by atoms with Crippen LogP contribution in [0.4, 0.5) is 0 Å². The molecule has 0 unspecified atom stereocenters. The fraction of sp³-hybridized carbons (Fsp3) is 0.500. The van der Waals surface area contributed by atoms with Gasteiger partial charge in [0.05, 0.1) is 13.2 Å². The third kappa shape index (κ3) is 7.40. The van der Waals surface area contributed by atoms with Gasteiger partial charge < -0.3 is 0 Å². The molecule has 0 aromatic heterocycles. The van der Waals surface area contributed by atoms with Crippen LogP contribution in [0.3, 0.4) is 0 Å². The van der Waals surface area contributed by atoms with Gasteiger partial charge >= 0.3 is 0 Å². The number of hydrogen-bond donors (Lipinski definition) is 0. The molecule has 0 aliphatic carbocycles. The fourth-order valence-corrected chi connectivity index (χ4v) is 0.381. The highest BCUT2D eigenvalue weighted by Crippen LogP contribution is 1.87. The predicted octanol–water partition coefficient (Wildman–Crippen LogP) is 2.09. The molecule has 10 heavy (non-hydrogen) atoms. The van der Waals surface area contributed by atoms with Crippen molar-refractivity contribution < 1.29 is 9.78 Å². The van der Waals surface area contributed by atoms with Gasteiger partial charge in [-0.1, -0.05) is 12.2 Å². The van der Waals surface area contributed by atoms with Crippen molar-refractivity contribution in [3.63, 3.8) is 0 Å². The molecule has 0 aromatic rings. The van der Waals surface area contributed by atoms with Gasteiger partial charge in [-0.15, -0.1) is 13.2 Å². The lowest BCUT2D eigenvalue weighted by Crippen LogP contribution is -1.96. The SMILES string of the molecule is C=CCCOOCCC=C. The van der Waals surface area contributed by atoms with Crippen LogP contribution < -0.4 is 0 Å². The Morgan fingerprint density at radius 3 is 1.60 bits per heavy atom. The Hall–Kier alpha value is -0.600. The number of hydrogen-bond acceptors (Lipinski definition) is 2. The molecule has 2 nitrogen and oxygen atoms in total. The molecule has 0 aliphatic rings. The Morgan fingerprint density at radius 2 is 1.30 bits per heavy atom. The maximum Gasteiger partial charge on any atom is 0.0856 e. The average molecular weight is 142 g/mol. The van der Waals surface area contributed by atoms with Crippen molar-refractivity contribution in [3.8, 4) is 0 Å². The first-order valence-corrected chi connectivity index (χ1v) is 3.38. The molecular weight excluding hydrogens is 128 g/mol. The molecule has 0 heterocycles. The van der Waals surface area contributed by atoms with E-state index >= 15 is 0 Å². The van der Waals surface area contributed by atoms with Crippen LogP contribution in [0.25, 0.3) is 0 Å². The maximum absolute atomic E-state index is 4.76. The molecule has 0 saturated heterocycles. The van der Waals surface area contributed by atoms with Crippen molar-refractivity contribution in [2.75, 3.05) is 13.2 Å². The van der Waals surface area contributed by atoms with Crippen molar-refractivity contribution in [2.45, 2.75) is 12.8 Å². The second-order valence-corrected chi connectivity index (χ2v) is 1.80. The topological polar surface area (TPSA) is 18.5 Å². The lowest BCUT2D eigenvalue weighted by molar-refractivity contribution is -0.292. The van der Waals surface area contributed by atoms with E-state index in [2.05, 4.69) is 13.2 Å². The van der Waals surface area contributed by atoms with E-state index in [0.717, 1.165) is 12.8 Å². The molecule has 0 N–H and O–H groups in total. The Morgan fingerprint density at radius 1 is 0.900 bits per heavy atom. The third-order valence-corrected chi connectivity index (χ3v) is 0.894. The zero-order valence-electron chi connectivity index (χ0n) is 6.21. The van der Waals surface area contributed by atoms with Gasteiger partial charge in [0.25, 0.3) is 0 Å². The predicted molar refractivity (Wildman–Crippen MR) is 41.5 cm³/mol. The lowest BCUT2D eigenvalue weighted by Gasteiger charge is -1.98. The standard InChI is InChI=1S/C8H14O2/c1-3-5-7-9-10-8-6-4-2/h3-4H,1-2,5-8H2. The molecule has 0 bridgehead atoms. The van der Waals surface area contributed by atoms with Crippen molar-refractivity contribution >= 4 is 0 Å². The van der Waals surface area contributed by atoms with E-state index in [0.29, 0.717) is 13.2 Å². The highest BCUT2D eigenvalue weighted by molar-refractivity contribution is 4.64. The molecule has 0 aromatic carbocycles. The maximum atomic E-state index is 4.76. The third-order valence-electron chi connectivity index (χ3n) is 0.894. The summed E-state index contributed by atoms with van der Waals surface area (Å²) in [6.45, 7) is 8.25. The van der Waals surface area contributed by atoms with Crippen LogP contribution in [-0.2, 0) is 9.78 Å². The molecule has 0 amide bonds. The Bertz CT molecular complexity index is 77.3. The summed E-state index contributed by atoms with van der Waals surface area (Å²) >= 11 is 0. The Labute approximate surface area is 62.1 Å². The van der Waals surface area contributed by atoms with E-state index in [-0.39, 0.29) is 0 Å². The van der Waals surface area contributed by atoms with Gasteiger partial charge in [0, 0.05) is 0 Å². The summed E-state index contributed by atoms with van der Waals surface area (Å²) in [6, 6.07) is 0. The minimum Gasteiger partial charge on any atom is -0.236 e. The average Bonchev–Trinajstić information content (AvgIpc) is 1.97. The van der Waals surface area contributed by atoms with Crippen molar-refractivity contribution in [1.82, 2.24) is 0 Å². The summed E-state index contributed by atoms with van der Waals surface area (Å²) in [5.41, 5.74) is 0. The van der Waals surface area contributed by atoms with Gasteiger partial charge in [0.1, 0.15) is 0 Å². The smallest absolute Gasteiger partial charge is 0.0856 e. The lowest BCUT2D eigenvalue weighted by atomic mass is 10.5. The molecule has 0 spiro atoms. The van der Waals surface area contributed by atoms with E-state index in [1.165, 1.54) is 0 Å². The van der Waals surface area contributed by atoms with E-state index in [4.69, 9.17) is 9.78 Å². The van der Waals surface area contributed by atoms with Crippen LogP contribution in [-0.4, -0.2) is 13.2 Å². The van der Waals surface area contributed by atoms with Crippen LogP contribution in [0, 0.1) is 0 Å². The molecule has 58 valence electrons. The minimum absolute atomic E-state index is 0.584. The van der Waals surface area contributed by atoms with E-state index in [1.54, 1.807) is 12.2 Å². The highest BCUT2D eigenvalue weighted by Gasteiger charge is 1.84. The van der Waals surface area contributed by atoms with E-state index in [9.17, 15) is 0 Å². The van der Waals surface area contributed by atoms with Gasteiger partial charge in [-0.05, 0) is 12.8 Å². The monoisotopic (exact) mass is 142 g/mol. The molecule has 0 atom stereocenters. The first-order valence-electron chi connectivity index (χ1n) is 3.38. The largest absolute Gasteiger partial charge is 0.236 e. The summed E-state index contributed by atoms with van der Waals surface area (Å²) in [4.78, 5) is 9.51. The van der Waals surface area contributed by atoms with Crippen LogP contribution >= 0.6 is 0 Å². The van der Waals surface area contributed by atoms with Gasteiger partial charge in [0.15, 0.2) is 0 Å². The molecule has 0 rings (SSSR count). The summed E-state index contributed by atoms with van der Waals surface area (Å²) in [7, 11) is 0. The fourth-order valence-electron chi connectivity index (χ4n) is 0.381. The second-order valence-electron chi connectivity index (χ2n) is 1.80. The highest BCUT2D eigenvalue weighted by atomic mass is 17.2. The normalized spacial score (nSPS) is 9.20. The first-order chi connectivity index (χ1) is 4.91. The van der Waals surface area contributed by atoms with Gasteiger partial charge in [-0.3, -0.25) is 0 Å². The minimum atomic E-state index is 0.584. The molecule has 0 aliphatic heterocycles. The molecule has 2 heteroatoms. The van der Waals surface area contributed by atoms with Crippen LogP contribution in [0.2, 0.25) is 0 Å². The summed E-state index contributed by atoms with van der Waals surface area (Å²) in [5.74, 6) is 0. The van der Waals surface area contributed by atoms with Gasteiger partial charge in [-0.2, -0.15) is 0 Å². The number of rotatable bonds is 7. The van der Waals surface area contributed by atoms with Gasteiger partial charge in [-0.25, -0.2) is 9.78 Å². The summed E-state index contributed by atoms with van der Waals surface area (Å²) < 4.78 is 0. The zero-order chi connectivity index (χ0) is 7.66. The van der Waals surface area contributed by atoms with E-state index < -0.39 is 0 Å². The summed E-state index contributed by atoms with van der Waals surface area (Å²) in [6.07, 6.45) is 5.23. The molecule has 0 saturated carbocycles. The quantitative estimate of drug-likeness (QED) is 0.234. The molecule has 0 radical (unpaired) electrons. The van der Waals surface area contributed by atoms with Crippen LogP contribution in [0.5, 0.6) is 0 Å².